The third-order valence-electron chi connectivity index (χ3n) is 6.14. The number of piperidine rings is 1. The van der Waals surface area contributed by atoms with Gasteiger partial charge in [-0.15, -0.1) is 0 Å². The molecule has 3 aromatic rings. The number of ether oxygens (including phenoxy) is 1. The molecule has 166 valence electrons. The third kappa shape index (κ3) is 5.20. The van der Waals surface area contributed by atoms with E-state index in [1.807, 2.05) is 42.5 Å². The van der Waals surface area contributed by atoms with E-state index in [2.05, 4.69) is 49.1 Å². The van der Waals surface area contributed by atoms with E-state index in [1.165, 1.54) is 11.1 Å². The Hall–Kier alpha value is -3.11. The molecule has 3 aromatic carbocycles. The maximum Gasteiger partial charge on any atom is 0.320 e. The molecule has 1 heterocycles. The zero-order valence-electron chi connectivity index (χ0n) is 18.8. The molecule has 0 saturated carbocycles. The van der Waals surface area contributed by atoms with E-state index >= 15 is 0 Å². The van der Waals surface area contributed by atoms with Crippen LogP contribution in [0.1, 0.15) is 53.1 Å². The van der Waals surface area contributed by atoms with Gasteiger partial charge in [0.15, 0.2) is 0 Å². The van der Waals surface area contributed by atoms with Crippen molar-refractivity contribution in [2.45, 2.75) is 51.8 Å². The minimum absolute atomic E-state index is 0.129. The van der Waals surface area contributed by atoms with Gasteiger partial charge in [-0.05, 0) is 62.1 Å². The fourth-order valence-electron chi connectivity index (χ4n) is 4.79. The molecule has 2 unspecified atom stereocenters. The summed E-state index contributed by atoms with van der Waals surface area (Å²) in [5, 5.41) is 9.96. The smallest absolute Gasteiger partial charge is 0.320 e. The molecule has 2 atom stereocenters. The first-order chi connectivity index (χ1) is 15.5. The number of carboxylic acid groups (broad SMARTS) is 1. The van der Waals surface area contributed by atoms with Gasteiger partial charge in [0.25, 0.3) is 0 Å². The summed E-state index contributed by atoms with van der Waals surface area (Å²) in [5.74, 6) is 0.0557. The molecule has 32 heavy (non-hydrogen) atoms. The van der Waals surface area contributed by atoms with Gasteiger partial charge in [-0.25, -0.2) is 0 Å². The van der Waals surface area contributed by atoms with Crippen LogP contribution in [0.15, 0.2) is 72.8 Å². The molecule has 0 aliphatic carbocycles. The summed E-state index contributed by atoms with van der Waals surface area (Å²) in [4.78, 5) is 14.3. The molecular formula is C28H31NO3. The molecule has 4 heteroatoms. The summed E-state index contributed by atoms with van der Waals surface area (Å²) in [6.07, 6.45) is 2.64. The lowest BCUT2D eigenvalue weighted by atomic mass is 9.90. The second-order valence-electron chi connectivity index (χ2n) is 8.76. The molecule has 0 bridgehead atoms. The predicted octanol–water partition coefficient (Wildman–Crippen LogP) is 5.91. The molecule has 4 nitrogen and oxygen atoms in total. The number of carboxylic acids is 1. The average molecular weight is 430 g/mol. The first-order valence-corrected chi connectivity index (χ1v) is 11.3. The fourth-order valence-corrected chi connectivity index (χ4v) is 4.79. The van der Waals surface area contributed by atoms with Crippen molar-refractivity contribution in [3.05, 3.63) is 101 Å². The number of aryl methyl sites for hydroxylation is 2. The van der Waals surface area contributed by atoms with Crippen molar-refractivity contribution >= 4 is 5.97 Å². The molecule has 1 saturated heterocycles. The van der Waals surface area contributed by atoms with Crippen molar-refractivity contribution < 1.29 is 14.6 Å². The van der Waals surface area contributed by atoms with Crippen LogP contribution in [-0.4, -0.2) is 28.6 Å². The van der Waals surface area contributed by atoms with Crippen molar-refractivity contribution in [1.29, 1.82) is 0 Å². The van der Waals surface area contributed by atoms with E-state index in [-0.39, 0.29) is 6.04 Å². The Morgan fingerprint density at radius 1 is 0.969 bits per heavy atom. The Morgan fingerprint density at radius 2 is 1.72 bits per heavy atom. The van der Waals surface area contributed by atoms with Crippen molar-refractivity contribution in [1.82, 2.24) is 4.90 Å². The maximum atomic E-state index is 12.1. The van der Waals surface area contributed by atoms with Gasteiger partial charge in [0.05, 0.1) is 6.04 Å². The van der Waals surface area contributed by atoms with Gasteiger partial charge in [0.1, 0.15) is 18.4 Å². The Morgan fingerprint density at radius 3 is 2.44 bits per heavy atom. The number of hydrogen-bond donors (Lipinski definition) is 1. The zero-order valence-corrected chi connectivity index (χ0v) is 18.8. The normalized spacial score (nSPS) is 17.6. The van der Waals surface area contributed by atoms with E-state index in [1.54, 1.807) is 0 Å². The Bertz CT molecular complexity index is 1040. The van der Waals surface area contributed by atoms with Crippen LogP contribution >= 0.6 is 0 Å². The van der Waals surface area contributed by atoms with E-state index in [0.29, 0.717) is 13.0 Å². The van der Waals surface area contributed by atoms with Gasteiger partial charge >= 0.3 is 5.97 Å². The molecule has 0 radical (unpaired) electrons. The van der Waals surface area contributed by atoms with Gasteiger partial charge in [0.2, 0.25) is 0 Å². The Balaban J connectivity index is 1.70. The highest BCUT2D eigenvalue weighted by Crippen LogP contribution is 2.36. The van der Waals surface area contributed by atoms with Crippen LogP contribution in [0, 0.1) is 13.8 Å². The fraction of sp³-hybridized carbons (Fsp3) is 0.321. The van der Waals surface area contributed by atoms with E-state index in [0.717, 1.165) is 41.8 Å². The summed E-state index contributed by atoms with van der Waals surface area (Å²) >= 11 is 0. The lowest BCUT2D eigenvalue weighted by Crippen LogP contribution is -2.46. The molecular weight excluding hydrogens is 398 g/mol. The quantitative estimate of drug-likeness (QED) is 0.507. The summed E-state index contributed by atoms with van der Waals surface area (Å²) in [5.41, 5.74) is 5.69. The molecule has 4 rings (SSSR count). The summed E-state index contributed by atoms with van der Waals surface area (Å²) in [7, 11) is 0. The first-order valence-electron chi connectivity index (χ1n) is 11.3. The van der Waals surface area contributed by atoms with Gasteiger partial charge in [-0.2, -0.15) is 0 Å². The van der Waals surface area contributed by atoms with Gasteiger partial charge in [-0.3, -0.25) is 9.69 Å². The molecule has 0 spiro atoms. The van der Waals surface area contributed by atoms with Crippen molar-refractivity contribution in [3.63, 3.8) is 0 Å². The minimum Gasteiger partial charge on any atom is -0.489 e. The lowest BCUT2D eigenvalue weighted by molar-refractivity contribution is -0.145. The lowest BCUT2D eigenvalue weighted by Gasteiger charge is -2.40. The minimum atomic E-state index is -0.740. The van der Waals surface area contributed by atoms with Crippen LogP contribution < -0.4 is 4.74 Å². The molecule has 1 aliphatic rings. The molecule has 1 fully saturated rings. The number of aliphatic carboxylic acids is 1. The van der Waals surface area contributed by atoms with Crippen molar-refractivity contribution in [3.8, 4) is 5.75 Å². The zero-order chi connectivity index (χ0) is 22.5. The number of rotatable bonds is 7. The Kier molecular flexibility index (Phi) is 6.91. The number of carbonyl (C=O) groups is 1. The van der Waals surface area contributed by atoms with Crippen LogP contribution in [0.3, 0.4) is 0 Å². The summed E-state index contributed by atoms with van der Waals surface area (Å²) in [6, 6.07) is 24.2. The Labute approximate surface area is 190 Å². The highest BCUT2D eigenvalue weighted by Gasteiger charge is 2.35. The van der Waals surface area contributed by atoms with Crippen molar-refractivity contribution in [2.75, 3.05) is 6.54 Å². The van der Waals surface area contributed by atoms with E-state index in [9.17, 15) is 9.90 Å². The van der Waals surface area contributed by atoms with Gasteiger partial charge in [0, 0.05) is 0 Å². The number of hydrogen-bond acceptors (Lipinski definition) is 3. The molecule has 1 N–H and O–H groups in total. The van der Waals surface area contributed by atoms with Crippen LogP contribution in [0.25, 0.3) is 0 Å². The second-order valence-corrected chi connectivity index (χ2v) is 8.76. The highest BCUT2D eigenvalue weighted by atomic mass is 16.5. The van der Waals surface area contributed by atoms with Gasteiger partial charge < -0.3 is 9.84 Å². The largest absolute Gasteiger partial charge is 0.489 e. The number of benzene rings is 3. The second kappa shape index (κ2) is 10.0. The number of nitrogens with zero attached hydrogens (tertiary/aromatic N) is 1. The summed E-state index contributed by atoms with van der Waals surface area (Å²) in [6.45, 7) is 5.46. The van der Waals surface area contributed by atoms with Crippen molar-refractivity contribution in [2.24, 2.45) is 0 Å². The highest BCUT2D eigenvalue weighted by molar-refractivity contribution is 5.73. The molecule has 0 aromatic heterocycles. The van der Waals surface area contributed by atoms with E-state index in [4.69, 9.17) is 4.74 Å². The SMILES string of the molecule is Cc1cc(C)cc(C(c2cccc(OCc3ccccc3)c2)N2CCCCC2C(=O)O)c1. The van der Waals surface area contributed by atoms with Gasteiger partial charge in [-0.1, -0.05) is 78.2 Å². The standard InChI is InChI=1S/C28H31NO3/c1-20-15-21(2)17-24(16-20)27(29-14-7-6-13-26(29)28(30)31)23-11-8-12-25(18-23)32-19-22-9-4-3-5-10-22/h3-5,8-12,15-18,26-27H,6-7,13-14,19H2,1-2H3,(H,30,31). The van der Waals surface area contributed by atoms with Crippen LogP contribution in [0.5, 0.6) is 5.75 Å². The van der Waals surface area contributed by atoms with E-state index < -0.39 is 12.0 Å². The van der Waals surface area contributed by atoms with Crippen LogP contribution in [0.2, 0.25) is 0 Å². The molecule has 0 amide bonds. The summed E-state index contributed by atoms with van der Waals surface area (Å²) < 4.78 is 6.09. The first kappa shape index (κ1) is 22.1. The topological polar surface area (TPSA) is 49.8 Å². The molecule has 1 aliphatic heterocycles. The van der Waals surface area contributed by atoms with Crippen LogP contribution in [-0.2, 0) is 11.4 Å². The predicted molar refractivity (Wildman–Crippen MR) is 127 cm³/mol. The average Bonchev–Trinajstić information content (AvgIpc) is 2.78. The monoisotopic (exact) mass is 429 g/mol. The third-order valence-corrected chi connectivity index (χ3v) is 6.14. The number of likely N-dealkylation sites (tertiary alicyclic amines) is 1. The van der Waals surface area contributed by atoms with Crippen LogP contribution in [0.4, 0.5) is 0 Å². The maximum absolute atomic E-state index is 12.1.